The van der Waals surface area contributed by atoms with Crippen molar-refractivity contribution in [1.82, 2.24) is 10.2 Å². The van der Waals surface area contributed by atoms with Crippen molar-refractivity contribution in [1.29, 1.82) is 0 Å². The molecule has 0 saturated carbocycles. The first-order valence-electron chi connectivity index (χ1n) is 8.77. The third kappa shape index (κ3) is 5.08. The van der Waals surface area contributed by atoms with E-state index in [0.717, 1.165) is 30.8 Å². The summed E-state index contributed by atoms with van der Waals surface area (Å²) >= 11 is 0. The molecule has 7 heteroatoms. The van der Waals surface area contributed by atoms with Crippen LogP contribution in [-0.2, 0) is 10.9 Å². The minimum Gasteiger partial charge on any atom is -0.379 e. The first-order chi connectivity index (χ1) is 12.9. The number of morpholine rings is 1. The maximum Gasteiger partial charge on any atom is 0.416 e. The van der Waals surface area contributed by atoms with Gasteiger partial charge in [-0.15, -0.1) is 0 Å². The number of amides is 1. The van der Waals surface area contributed by atoms with Gasteiger partial charge in [0.05, 0.1) is 24.8 Å². The molecule has 1 unspecified atom stereocenters. The second kappa shape index (κ2) is 8.54. The van der Waals surface area contributed by atoms with Gasteiger partial charge in [-0.05, 0) is 29.8 Å². The fourth-order valence-corrected chi connectivity index (χ4v) is 3.12. The summed E-state index contributed by atoms with van der Waals surface area (Å²) in [5.41, 5.74) is 0.512. The topological polar surface area (TPSA) is 41.6 Å². The molecular formula is C20H21F3N2O2. The molecule has 1 saturated heterocycles. The van der Waals surface area contributed by atoms with Gasteiger partial charge >= 0.3 is 6.18 Å². The Kier molecular flexibility index (Phi) is 6.13. The van der Waals surface area contributed by atoms with E-state index in [1.165, 1.54) is 12.1 Å². The first-order valence-corrected chi connectivity index (χ1v) is 8.77. The van der Waals surface area contributed by atoms with Gasteiger partial charge in [0.2, 0.25) is 0 Å². The predicted octanol–water partition coefficient (Wildman–Crippen LogP) is 3.51. The fourth-order valence-electron chi connectivity index (χ4n) is 3.12. The molecule has 1 heterocycles. The summed E-state index contributed by atoms with van der Waals surface area (Å²) in [5.74, 6) is -0.391. The van der Waals surface area contributed by atoms with E-state index in [4.69, 9.17) is 4.74 Å². The molecule has 0 aliphatic carbocycles. The maximum absolute atomic E-state index is 12.7. The van der Waals surface area contributed by atoms with Crippen LogP contribution >= 0.6 is 0 Å². The van der Waals surface area contributed by atoms with Crippen molar-refractivity contribution in [2.45, 2.75) is 12.2 Å². The van der Waals surface area contributed by atoms with E-state index in [2.05, 4.69) is 10.2 Å². The molecule has 27 heavy (non-hydrogen) atoms. The Balaban J connectivity index is 1.68. The average molecular weight is 378 g/mol. The lowest BCUT2D eigenvalue weighted by Gasteiger charge is -2.35. The van der Waals surface area contributed by atoms with Crippen molar-refractivity contribution in [2.24, 2.45) is 0 Å². The van der Waals surface area contributed by atoms with Gasteiger partial charge < -0.3 is 10.1 Å². The van der Waals surface area contributed by atoms with Crippen molar-refractivity contribution in [3.8, 4) is 0 Å². The van der Waals surface area contributed by atoms with E-state index in [9.17, 15) is 18.0 Å². The van der Waals surface area contributed by atoms with Crippen LogP contribution in [0.5, 0.6) is 0 Å². The molecule has 2 aromatic rings. The van der Waals surface area contributed by atoms with Crippen LogP contribution in [0.2, 0.25) is 0 Å². The molecule has 0 spiro atoms. The Morgan fingerprint density at radius 1 is 1.04 bits per heavy atom. The van der Waals surface area contributed by atoms with Crippen molar-refractivity contribution in [3.05, 3.63) is 71.3 Å². The zero-order valence-electron chi connectivity index (χ0n) is 14.7. The van der Waals surface area contributed by atoms with Gasteiger partial charge in [0.15, 0.2) is 0 Å². The zero-order valence-corrected chi connectivity index (χ0v) is 14.7. The molecular weight excluding hydrogens is 357 g/mol. The molecule has 0 radical (unpaired) electrons. The monoisotopic (exact) mass is 378 g/mol. The number of nitrogens with zero attached hydrogens (tertiary/aromatic N) is 1. The summed E-state index contributed by atoms with van der Waals surface area (Å²) in [6, 6.07) is 14.1. The zero-order chi connectivity index (χ0) is 19.3. The second-order valence-corrected chi connectivity index (χ2v) is 6.36. The summed E-state index contributed by atoms with van der Waals surface area (Å²) < 4.78 is 43.4. The lowest BCUT2D eigenvalue weighted by Crippen LogP contribution is -2.43. The van der Waals surface area contributed by atoms with Crippen LogP contribution in [0.3, 0.4) is 0 Å². The molecule has 0 aromatic heterocycles. The van der Waals surface area contributed by atoms with Crippen LogP contribution in [0.4, 0.5) is 13.2 Å². The van der Waals surface area contributed by atoms with Gasteiger partial charge in [-0.25, -0.2) is 0 Å². The summed E-state index contributed by atoms with van der Waals surface area (Å²) in [7, 11) is 0. The minimum absolute atomic E-state index is 0.0199. The molecule has 1 atom stereocenters. The molecule has 1 N–H and O–H groups in total. The standard InChI is InChI=1S/C20H21F3N2O2/c21-20(22,23)17-8-6-16(7-9-17)19(26)24-14-18(15-4-2-1-3-5-15)25-10-12-27-13-11-25/h1-9,18H,10-14H2,(H,24,26). The van der Waals surface area contributed by atoms with Gasteiger partial charge in [0.1, 0.15) is 0 Å². The molecule has 0 bridgehead atoms. The molecule has 1 aliphatic heterocycles. The Morgan fingerprint density at radius 3 is 2.26 bits per heavy atom. The maximum atomic E-state index is 12.7. The lowest BCUT2D eigenvalue weighted by atomic mass is 10.0. The fraction of sp³-hybridized carbons (Fsp3) is 0.350. The van der Waals surface area contributed by atoms with Crippen LogP contribution in [-0.4, -0.2) is 43.7 Å². The van der Waals surface area contributed by atoms with Crippen molar-refractivity contribution < 1.29 is 22.7 Å². The van der Waals surface area contributed by atoms with E-state index in [1.807, 2.05) is 30.3 Å². The summed E-state index contributed by atoms with van der Waals surface area (Å²) in [6.45, 7) is 3.15. The number of nitrogens with one attached hydrogen (secondary N) is 1. The van der Waals surface area contributed by atoms with Gasteiger partial charge in [-0.3, -0.25) is 9.69 Å². The Bertz CT molecular complexity index is 742. The van der Waals surface area contributed by atoms with Gasteiger partial charge in [-0.1, -0.05) is 30.3 Å². The molecule has 2 aromatic carbocycles. The molecule has 1 amide bonds. The third-order valence-electron chi connectivity index (χ3n) is 4.60. The van der Waals surface area contributed by atoms with Gasteiger partial charge in [0.25, 0.3) is 5.91 Å². The number of ether oxygens (including phenoxy) is 1. The largest absolute Gasteiger partial charge is 0.416 e. The normalized spacial score (nSPS) is 16.7. The van der Waals surface area contributed by atoms with Crippen LogP contribution in [0.1, 0.15) is 27.5 Å². The van der Waals surface area contributed by atoms with E-state index < -0.39 is 17.6 Å². The number of halogens is 3. The lowest BCUT2D eigenvalue weighted by molar-refractivity contribution is -0.137. The Labute approximate surface area is 155 Å². The Hall–Kier alpha value is -2.38. The highest BCUT2D eigenvalue weighted by Crippen LogP contribution is 2.29. The average Bonchev–Trinajstić information content (AvgIpc) is 2.69. The van der Waals surface area contributed by atoms with Crippen LogP contribution in [0.15, 0.2) is 54.6 Å². The molecule has 3 rings (SSSR count). The van der Waals surface area contributed by atoms with Gasteiger partial charge in [-0.2, -0.15) is 13.2 Å². The van der Waals surface area contributed by atoms with E-state index in [1.54, 1.807) is 0 Å². The number of carbonyl (C=O) groups excluding carboxylic acids is 1. The minimum atomic E-state index is -4.41. The van der Waals surface area contributed by atoms with Gasteiger partial charge in [0, 0.05) is 25.2 Å². The molecule has 4 nitrogen and oxygen atoms in total. The predicted molar refractivity (Wildman–Crippen MR) is 95.4 cm³/mol. The summed E-state index contributed by atoms with van der Waals surface area (Å²) in [5, 5.41) is 2.85. The quantitative estimate of drug-likeness (QED) is 0.866. The third-order valence-corrected chi connectivity index (χ3v) is 4.60. The molecule has 1 aliphatic rings. The van der Waals surface area contributed by atoms with E-state index in [-0.39, 0.29) is 11.6 Å². The number of hydrogen-bond acceptors (Lipinski definition) is 3. The highest BCUT2D eigenvalue weighted by molar-refractivity contribution is 5.94. The molecule has 1 fully saturated rings. The van der Waals surface area contributed by atoms with E-state index >= 15 is 0 Å². The number of carbonyl (C=O) groups is 1. The van der Waals surface area contributed by atoms with Crippen LogP contribution in [0.25, 0.3) is 0 Å². The highest BCUT2D eigenvalue weighted by atomic mass is 19.4. The number of hydrogen-bond donors (Lipinski definition) is 1. The second-order valence-electron chi connectivity index (χ2n) is 6.36. The van der Waals surface area contributed by atoms with Crippen molar-refractivity contribution >= 4 is 5.91 Å². The number of rotatable bonds is 5. The number of benzene rings is 2. The van der Waals surface area contributed by atoms with E-state index in [0.29, 0.717) is 19.8 Å². The van der Waals surface area contributed by atoms with Crippen LogP contribution in [0, 0.1) is 0 Å². The van der Waals surface area contributed by atoms with Crippen LogP contribution < -0.4 is 5.32 Å². The summed E-state index contributed by atoms with van der Waals surface area (Å²) in [6.07, 6.45) is -4.41. The summed E-state index contributed by atoms with van der Waals surface area (Å²) in [4.78, 5) is 14.6. The van der Waals surface area contributed by atoms with Crippen molar-refractivity contribution in [3.63, 3.8) is 0 Å². The van der Waals surface area contributed by atoms with Crippen molar-refractivity contribution in [2.75, 3.05) is 32.8 Å². The SMILES string of the molecule is O=C(NCC(c1ccccc1)N1CCOCC1)c1ccc(C(F)(F)F)cc1. The number of alkyl halides is 3. The smallest absolute Gasteiger partial charge is 0.379 e. The highest BCUT2D eigenvalue weighted by Gasteiger charge is 2.30. The molecule has 144 valence electrons. The Morgan fingerprint density at radius 2 is 1.67 bits per heavy atom. The first kappa shape index (κ1) is 19.4.